The first-order chi connectivity index (χ1) is 13.0. The fraction of sp³-hybridized carbons (Fsp3) is 0.316. The third kappa shape index (κ3) is 2.42. The molecule has 3 aliphatic rings. The lowest BCUT2D eigenvalue weighted by atomic mass is 9.77. The molecule has 5 rings (SSSR count). The quantitative estimate of drug-likeness (QED) is 0.821. The molecule has 2 saturated heterocycles. The van der Waals surface area contributed by atoms with Crippen molar-refractivity contribution in [2.24, 2.45) is 11.8 Å². The maximum atomic E-state index is 13.1. The van der Waals surface area contributed by atoms with Gasteiger partial charge in [0.05, 0.1) is 24.5 Å². The smallest absolute Gasteiger partial charge is 0.235 e. The first-order valence-electron chi connectivity index (χ1n) is 8.65. The van der Waals surface area contributed by atoms with Crippen molar-refractivity contribution in [3.63, 3.8) is 0 Å². The monoisotopic (exact) mass is 385 g/mol. The van der Waals surface area contributed by atoms with Crippen LogP contribution in [0.4, 0.5) is 11.5 Å². The van der Waals surface area contributed by atoms with Crippen LogP contribution in [0.2, 0.25) is 5.02 Å². The molecule has 2 fully saturated rings. The van der Waals surface area contributed by atoms with E-state index in [0.29, 0.717) is 28.8 Å². The minimum Gasteiger partial charge on any atom is -0.360 e. The molecule has 1 N–H and O–H groups in total. The van der Waals surface area contributed by atoms with E-state index in [1.54, 1.807) is 37.3 Å². The van der Waals surface area contributed by atoms with Gasteiger partial charge in [0.15, 0.2) is 5.82 Å². The zero-order valence-corrected chi connectivity index (χ0v) is 15.1. The van der Waals surface area contributed by atoms with Crippen molar-refractivity contribution in [1.29, 1.82) is 0 Å². The van der Waals surface area contributed by atoms with Gasteiger partial charge in [-0.2, -0.15) is 0 Å². The molecule has 8 heteroatoms. The van der Waals surface area contributed by atoms with Crippen molar-refractivity contribution in [3.8, 4) is 0 Å². The number of nitrogens with one attached hydrogen (secondary N) is 1. The number of carbonyl (C=O) groups is 2. The lowest BCUT2D eigenvalue weighted by molar-refractivity contribution is -0.128. The van der Waals surface area contributed by atoms with Gasteiger partial charge in [0, 0.05) is 16.8 Å². The number of hydrogen-bond acceptors (Lipinski definition) is 5. The Balaban J connectivity index is 1.44. The standard InChI is InChI=1S/C19H16ClN3O4/c1-10-7-14(22-27-10)23-9-19-6-5-13(26-19)15(16(19)18(23)25)17(24)21-12-4-2-3-11(20)8-12/h2-8,13,15-16H,9H2,1H3,(H,21,24)/t13-,15+,16+,19-/m1/s1. The minimum atomic E-state index is -0.801. The summed E-state index contributed by atoms with van der Waals surface area (Å²) in [6.45, 7) is 2.08. The predicted molar refractivity (Wildman–Crippen MR) is 97.4 cm³/mol. The van der Waals surface area contributed by atoms with Crippen LogP contribution in [0.5, 0.6) is 0 Å². The van der Waals surface area contributed by atoms with E-state index in [-0.39, 0.29) is 11.8 Å². The van der Waals surface area contributed by atoms with E-state index in [1.807, 2.05) is 12.2 Å². The van der Waals surface area contributed by atoms with Crippen LogP contribution in [0.3, 0.4) is 0 Å². The van der Waals surface area contributed by atoms with E-state index in [1.165, 1.54) is 4.90 Å². The van der Waals surface area contributed by atoms with Crippen molar-refractivity contribution < 1.29 is 18.8 Å². The second-order valence-electron chi connectivity index (χ2n) is 7.12. The topological polar surface area (TPSA) is 84.7 Å². The molecule has 2 amide bonds. The Morgan fingerprint density at radius 3 is 3.00 bits per heavy atom. The number of anilines is 2. The normalized spacial score (nSPS) is 30.8. The molecule has 27 heavy (non-hydrogen) atoms. The second kappa shape index (κ2) is 5.68. The fourth-order valence-corrected chi connectivity index (χ4v) is 4.45. The molecule has 4 heterocycles. The van der Waals surface area contributed by atoms with Crippen molar-refractivity contribution in [1.82, 2.24) is 5.16 Å². The Hall–Kier alpha value is -2.64. The summed E-state index contributed by atoms with van der Waals surface area (Å²) in [5, 5.41) is 7.32. The van der Waals surface area contributed by atoms with Crippen LogP contribution in [-0.4, -0.2) is 35.2 Å². The second-order valence-corrected chi connectivity index (χ2v) is 7.56. The summed E-state index contributed by atoms with van der Waals surface area (Å²) in [4.78, 5) is 27.6. The fourth-order valence-electron chi connectivity index (χ4n) is 4.26. The molecular weight excluding hydrogens is 370 g/mol. The zero-order valence-electron chi connectivity index (χ0n) is 14.4. The van der Waals surface area contributed by atoms with Crippen molar-refractivity contribution in [2.75, 3.05) is 16.8 Å². The Morgan fingerprint density at radius 1 is 1.41 bits per heavy atom. The van der Waals surface area contributed by atoms with Crippen molar-refractivity contribution in [2.45, 2.75) is 18.6 Å². The minimum absolute atomic E-state index is 0.179. The maximum Gasteiger partial charge on any atom is 0.235 e. The van der Waals surface area contributed by atoms with E-state index in [4.69, 9.17) is 20.9 Å². The van der Waals surface area contributed by atoms with Crippen LogP contribution in [0.15, 0.2) is 47.0 Å². The number of carbonyl (C=O) groups excluding carboxylic acids is 2. The van der Waals surface area contributed by atoms with Gasteiger partial charge in [-0.3, -0.25) is 14.5 Å². The lowest BCUT2D eigenvalue weighted by Crippen LogP contribution is -2.41. The first kappa shape index (κ1) is 16.5. The Morgan fingerprint density at radius 2 is 2.26 bits per heavy atom. The number of hydrogen-bond donors (Lipinski definition) is 1. The van der Waals surface area contributed by atoms with Gasteiger partial charge in [-0.15, -0.1) is 0 Å². The maximum absolute atomic E-state index is 13.1. The summed E-state index contributed by atoms with van der Waals surface area (Å²) in [5.74, 6) is -0.589. The van der Waals surface area contributed by atoms with Crippen LogP contribution in [0.25, 0.3) is 0 Å². The number of halogens is 1. The van der Waals surface area contributed by atoms with Gasteiger partial charge in [-0.1, -0.05) is 35.0 Å². The summed E-state index contributed by atoms with van der Waals surface area (Å²) in [6, 6.07) is 8.61. The van der Waals surface area contributed by atoms with Crippen molar-refractivity contribution in [3.05, 3.63) is 53.3 Å². The molecule has 0 saturated carbocycles. The van der Waals surface area contributed by atoms with E-state index in [2.05, 4.69) is 10.5 Å². The Labute approximate surface area is 159 Å². The van der Waals surface area contributed by atoms with Gasteiger partial charge in [-0.25, -0.2) is 0 Å². The molecule has 1 aromatic carbocycles. The third-order valence-electron chi connectivity index (χ3n) is 5.39. The molecular formula is C19H16ClN3O4. The van der Waals surface area contributed by atoms with Gasteiger partial charge in [0.1, 0.15) is 11.4 Å². The number of ether oxygens (including phenoxy) is 1. The molecule has 4 atom stereocenters. The first-order valence-corrected chi connectivity index (χ1v) is 9.03. The lowest BCUT2D eigenvalue weighted by Gasteiger charge is -2.23. The summed E-state index contributed by atoms with van der Waals surface area (Å²) >= 11 is 5.99. The molecule has 1 aromatic heterocycles. The van der Waals surface area contributed by atoms with Crippen LogP contribution in [0, 0.1) is 18.8 Å². The highest BCUT2D eigenvalue weighted by Crippen LogP contribution is 2.52. The molecule has 0 unspecified atom stereocenters. The predicted octanol–water partition coefficient (Wildman–Crippen LogP) is 2.56. The zero-order chi connectivity index (χ0) is 18.8. The molecule has 1 spiro atoms. The van der Waals surface area contributed by atoms with E-state index in [9.17, 15) is 9.59 Å². The number of amides is 2. The highest BCUT2D eigenvalue weighted by atomic mass is 35.5. The van der Waals surface area contributed by atoms with Crippen molar-refractivity contribution >= 4 is 34.9 Å². The average molecular weight is 386 g/mol. The van der Waals surface area contributed by atoms with Crippen LogP contribution in [-0.2, 0) is 14.3 Å². The average Bonchev–Trinajstić information content (AvgIpc) is 3.36. The van der Waals surface area contributed by atoms with E-state index < -0.39 is 23.5 Å². The SMILES string of the molecule is Cc1cc(N2C[C@@]34C=C[C@@H](O3)[C@H](C(=O)Nc3cccc(Cl)c3)[C@H]4C2=O)no1. The van der Waals surface area contributed by atoms with Crippen LogP contribution < -0.4 is 10.2 Å². The molecule has 2 aromatic rings. The molecule has 2 bridgehead atoms. The molecule has 0 aliphatic carbocycles. The number of aryl methyl sites for hydroxylation is 1. The Bertz CT molecular complexity index is 987. The largest absolute Gasteiger partial charge is 0.360 e. The summed E-state index contributed by atoms with van der Waals surface area (Å²) in [6.07, 6.45) is 3.35. The number of benzene rings is 1. The number of nitrogens with zero attached hydrogens (tertiary/aromatic N) is 2. The van der Waals surface area contributed by atoms with Gasteiger partial charge in [0.25, 0.3) is 0 Å². The summed E-state index contributed by atoms with van der Waals surface area (Å²) in [7, 11) is 0. The van der Waals surface area contributed by atoms with E-state index in [0.717, 1.165) is 0 Å². The number of fused-ring (bicyclic) bond motifs is 1. The Kier molecular flexibility index (Phi) is 3.47. The molecule has 7 nitrogen and oxygen atoms in total. The summed E-state index contributed by atoms with van der Waals surface area (Å²) in [5.41, 5.74) is -0.215. The number of rotatable bonds is 3. The van der Waals surface area contributed by atoms with Gasteiger partial charge < -0.3 is 14.6 Å². The van der Waals surface area contributed by atoms with Gasteiger partial charge in [-0.05, 0) is 25.1 Å². The van der Waals surface area contributed by atoms with Gasteiger partial charge in [0.2, 0.25) is 11.8 Å². The summed E-state index contributed by atoms with van der Waals surface area (Å²) < 4.78 is 11.2. The molecule has 138 valence electrons. The van der Waals surface area contributed by atoms with Crippen LogP contribution >= 0.6 is 11.6 Å². The van der Waals surface area contributed by atoms with Crippen LogP contribution in [0.1, 0.15) is 5.76 Å². The van der Waals surface area contributed by atoms with E-state index >= 15 is 0 Å². The highest BCUT2D eigenvalue weighted by Gasteiger charge is 2.67. The number of aromatic nitrogens is 1. The molecule has 3 aliphatic heterocycles. The third-order valence-corrected chi connectivity index (χ3v) is 5.62. The molecule has 0 radical (unpaired) electrons. The van der Waals surface area contributed by atoms with Gasteiger partial charge >= 0.3 is 0 Å². The highest BCUT2D eigenvalue weighted by molar-refractivity contribution is 6.30.